The molecule has 1 saturated carbocycles. The number of nitrogens with one attached hydrogen (secondary N) is 1. The Bertz CT molecular complexity index is 586. The fourth-order valence-electron chi connectivity index (χ4n) is 2.71. The highest BCUT2D eigenvalue weighted by Gasteiger charge is 2.23. The van der Waals surface area contributed by atoms with Gasteiger partial charge in [-0.25, -0.2) is 17.9 Å². The summed E-state index contributed by atoms with van der Waals surface area (Å²) in [4.78, 5) is 10.8. The number of aromatic carboxylic acids is 1. The van der Waals surface area contributed by atoms with Crippen LogP contribution < -0.4 is 4.72 Å². The molecule has 0 amide bonds. The van der Waals surface area contributed by atoms with E-state index in [1.807, 2.05) is 0 Å². The van der Waals surface area contributed by atoms with Crippen molar-refractivity contribution in [2.75, 3.05) is 6.54 Å². The number of hydrogen-bond donors (Lipinski definition) is 2. The molecule has 0 unspecified atom stereocenters. The molecule has 1 aliphatic carbocycles. The van der Waals surface area contributed by atoms with Crippen LogP contribution in [0.5, 0.6) is 0 Å². The van der Waals surface area contributed by atoms with Crippen molar-refractivity contribution >= 4 is 27.3 Å². The van der Waals surface area contributed by atoms with E-state index < -0.39 is 16.0 Å². The molecule has 0 atom stereocenters. The van der Waals surface area contributed by atoms with Crippen molar-refractivity contribution in [1.29, 1.82) is 0 Å². The number of thiophene rings is 1. The Labute approximate surface area is 129 Å². The van der Waals surface area contributed by atoms with Crippen LogP contribution in [0.4, 0.5) is 0 Å². The zero-order valence-corrected chi connectivity index (χ0v) is 13.7. The van der Waals surface area contributed by atoms with Crippen LogP contribution in [-0.2, 0) is 10.0 Å². The second-order valence-electron chi connectivity index (χ2n) is 5.61. The molecule has 0 aliphatic heterocycles. The van der Waals surface area contributed by atoms with Crippen molar-refractivity contribution < 1.29 is 18.3 Å². The molecule has 0 aromatic carbocycles. The molecule has 21 heavy (non-hydrogen) atoms. The van der Waals surface area contributed by atoms with E-state index in [9.17, 15) is 13.2 Å². The summed E-state index contributed by atoms with van der Waals surface area (Å²) in [5, 5.41) is 10.2. The normalized spacial score (nSPS) is 23.1. The molecule has 118 valence electrons. The third-order valence-corrected chi connectivity index (χ3v) is 7.06. The van der Waals surface area contributed by atoms with Gasteiger partial charge in [-0.2, -0.15) is 0 Å². The molecule has 0 saturated heterocycles. The Morgan fingerprint density at radius 3 is 2.48 bits per heavy atom. The van der Waals surface area contributed by atoms with Crippen molar-refractivity contribution in [2.24, 2.45) is 11.8 Å². The average Bonchev–Trinajstić information content (AvgIpc) is 2.97. The molecule has 7 heteroatoms. The lowest BCUT2D eigenvalue weighted by Gasteiger charge is -2.27. The van der Waals surface area contributed by atoms with E-state index in [1.165, 1.54) is 30.7 Å². The highest BCUT2D eigenvalue weighted by Crippen LogP contribution is 2.30. The van der Waals surface area contributed by atoms with Crippen molar-refractivity contribution in [3.8, 4) is 0 Å². The first-order chi connectivity index (χ1) is 9.92. The summed E-state index contributed by atoms with van der Waals surface area (Å²) < 4.78 is 27.0. The standard InChI is InChI=1S/C14H21NO4S2/c1-2-10-3-5-11(6-4-10)8-15-21(18,19)13-7-12(9-20-13)14(16)17/h7,9-11,15H,2-6,8H2,1H3,(H,16,17). The second kappa shape index (κ2) is 6.89. The molecule has 1 heterocycles. The predicted octanol–water partition coefficient (Wildman–Crippen LogP) is 2.94. The molecule has 2 N–H and O–H groups in total. The first-order valence-corrected chi connectivity index (χ1v) is 9.60. The van der Waals surface area contributed by atoms with Crippen molar-refractivity contribution in [3.63, 3.8) is 0 Å². The van der Waals surface area contributed by atoms with Crippen molar-refractivity contribution in [2.45, 2.75) is 43.2 Å². The van der Waals surface area contributed by atoms with E-state index in [1.54, 1.807) is 0 Å². The van der Waals surface area contributed by atoms with Gasteiger partial charge < -0.3 is 5.11 Å². The Hall–Kier alpha value is -0.920. The Kier molecular flexibility index (Phi) is 5.40. The van der Waals surface area contributed by atoms with Crippen LogP contribution in [0.2, 0.25) is 0 Å². The smallest absolute Gasteiger partial charge is 0.336 e. The molecule has 0 spiro atoms. The molecule has 0 bridgehead atoms. The maximum Gasteiger partial charge on any atom is 0.336 e. The number of carboxylic acid groups (broad SMARTS) is 1. The Balaban J connectivity index is 1.91. The first-order valence-electron chi connectivity index (χ1n) is 7.24. The minimum Gasteiger partial charge on any atom is -0.478 e. The lowest BCUT2D eigenvalue weighted by atomic mass is 9.81. The molecular weight excluding hydrogens is 310 g/mol. The number of hydrogen-bond acceptors (Lipinski definition) is 4. The van der Waals surface area contributed by atoms with Crippen LogP contribution in [0.1, 0.15) is 49.4 Å². The summed E-state index contributed by atoms with van der Waals surface area (Å²) >= 11 is 0.944. The van der Waals surface area contributed by atoms with Crippen molar-refractivity contribution in [3.05, 3.63) is 17.0 Å². The number of carbonyl (C=O) groups is 1. The maximum absolute atomic E-state index is 12.1. The van der Waals surface area contributed by atoms with Crippen LogP contribution in [0, 0.1) is 11.8 Å². The van der Waals surface area contributed by atoms with E-state index in [-0.39, 0.29) is 9.77 Å². The summed E-state index contributed by atoms with van der Waals surface area (Å²) in [6.07, 6.45) is 5.67. The minimum absolute atomic E-state index is 0.0174. The van der Waals surface area contributed by atoms with Gasteiger partial charge in [0.15, 0.2) is 0 Å². The van der Waals surface area contributed by atoms with Gasteiger partial charge in [0.1, 0.15) is 4.21 Å². The number of carboxylic acids is 1. The van der Waals surface area contributed by atoms with Crippen LogP contribution in [0.15, 0.2) is 15.7 Å². The third-order valence-electron chi connectivity index (χ3n) is 4.19. The van der Waals surface area contributed by atoms with E-state index in [2.05, 4.69) is 11.6 Å². The lowest BCUT2D eigenvalue weighted by molar-refractivity contribution is 0.0697. The molecule has 1 fully saturated rings. The first kappa shape index (κ1) is 16.5. The molecular formula is C14H21NO4S2. The zero-order valence-electron chi connectivity index (χ0n) is 12.0. The topological polar surface area (TPSA) is 83.5 Å². The highest BCUT2D eigenvalue weighted by molar-refractivity contribution is 7.91. The maximum atomic E-state index is 12.1. The Morgan fingerprint density at radius 2 is 1.95 bits per heavy atom. The minimum atomic E-state index is -3.59. The Morgan fingerprint density at radius 1 is 1.33 bits per heavy atom. The van der Waals surface area contributed by atoms with E-state index in [4.69, 9.17) is 5.11 Å². The van der Waals surface area contributed by atoms with Gasteiger partial charge in [0.05, 0.1) is 5.56 Å². The average molecular weight is 331 g/mol. The molecule has 1 aromatic heterocycles. The van der Waals surface area contributed by atoms with E-state index in [0.29, 0.717) is 12.5 Å². The summed E-state index contributed by atoms with van der Waals surface area (Å²) in [5.74, 6) is 0.0698. The summed E-state index contributed by atoms with van der Waals surface area (Å²) in [7, 11) is -3.59. The largest absolute Gasteiger partial charge is 0.478 e. The SMILES string of the molecule is CCC1CCC(CNS(=O)(=O)c2cc(C(=O)O)cs2)CC1. The highest BCUT2D eigenvalue weighted by atomic mass is 32.2. The van der Waals surface area contributed by atoms with Crippen LogP contribution in [0.3, 0.4) is 0 Å². The fourth-order valence-corrected chi connectivity index (χ4v) is 5.03. The zero-order chi connectivity index (χ0) is 15.5. The summed E-state index contributed by atoms with van der Waals surface area (Å²) in [5.41, 5.74) is 0.0174. The molecule has 1 aliphatic rings. The van der Waals surface area contributed by atoms with Gasteiger partial charge in [0.2, 0.25) is 10.0 Å². The third kappa shape index (κ3) is 4.28. The van der Waals surface area contributed by atoms with Crippen LogP contribution >= 0.6 is 11.3 Å². The van der Waals surface area contributed by atoms with Crippen LogP contribution in [0.25, 0.3) is 0 Å². The lowest BCUT2D eigenvalue weighted by Crippen LogP contribution is -2.31. The van der Waals surface area contributed by atoms with Gasteiger partial charge >= 0.3 is 5.97 Å². The van der Waals surface area contributed by atoms with Crippen LogP contribution in [-0.4, -0.2) is 26.0 Å². The van der Waals surface area contributed by atoms with Gasteiger partial charge in [-0.1, -0.05) is 26.2 Å². The fraction of sp³-hybridized carbons (Fsp3) is 0.643. The van der Waals surface area contributed by atoms with Gasteiger partial charge in [0.25, 0.3) is 0 Å². The molecule has 2 rings (SSSR count). The summed E-state index contributed by atoms with van der Waals surface area (Å²) in [6.45, 7) is 2.64. The van der Waals surface area contributed by atoms with Crippen molar-refractivity contribution in [1.82, 2.24) is 4.72 Å². The van der Waals surface area contributed by atoms with Gasteiger partial charge in [-0.3, -0.25) is 0 Å². The number of rotatable bonds is 6. The van der Waals surface area contributed by atoms with E-state index in [0.717, 1.165) is 30.1 Å². The molecule has 5 nitrogen and oxygen atoms in total. The molecule has 1 aromatic rings. The molecule has 0 radical (unpaired) electrons. The van der Waals surface area contributed by atoms with Gasteiger partial charge in [-0.05, 0) is 30.7 Å². The van der Waals surface area contributed by atoms with Gasteiger partial charge in [-0.15, -0.1) is 11.3 Å². The quantitative estimate of drug-likeness (QED) is 0.839. The second-order valence-corrected chi connectivity index (χ2v) is 8.51. The van der Waals surface area contributed by atoms with E-state index >= 15 is 0 Å². The number of sulfonamides is 1. The van der Waals surface area contributed by atoms with Gasteiger partial charge in [0, 0.05) is 11.9 Å². The summed E-state index contributed by atoms with van der Waals surface area (Å²) in [6, 6.07) is 1.21. The monoisotopic (exact) mass is 331 g/mol. The predicted molar refractivity (Wildman–Crippen MR) is 82.2 cm³/mol.